The Morgan fingerprint density at radius 2 is 1.77 bits per heavy atom. The van der Waals surface area contributed by atoms with Gasteiger partial charge in [-0.2, -0.15) is 0 Å². The zero-order valence-electron chi connectivity index (χ0n) is 52.2. The minimum absolute atomic E-state index is 0.0308. The zero-order chi connectivity index (χ0) is 61.7. The van der Waals surface area contributed by atoms with Crippen LogP contribution in [0.15, 0.2) is 42.6 Å². The molecule has 18 rings (SSSR count). The van der Waals surface area contributed by atoms with Crippen LogP contribution in [0.4, 0.5) is 0 Å². The number of aryl methyl sites for hydroxylation is 2. The number of amides is 1. The van der Waals surface area contributed by atoms with E-state index in [-0.39, 0.29) is 89.2 Å². The molecule has 6 fully saturated rings. The van der Waals surface area contributed by atoms with Gasteiger partial charge in [0.15, 0.2) is 17.5 Å². The molecule has 4 aromatic carbocycles. The van der Waals surface area contributed by atoms with Crippen LogP contribution in [0.2, 0.25) is 0 Å². The van der Waals surface area contributed by atoms with Crippen molar-refractivity contribution in [2.24, 2.45) is 34.5 Å². The Balaban J connectivity index is 0.854. The van der Waals surface area contributed by atoms with Crippen molar-refractivity contribution in [1.82, 2.24) is 9.88 Å². The van der Waals surface area contributed by atoms with Gasteiger partial charge in [0.05, 0.1) is 49.0 Å². The largest absolute Gasteiger partial charge is 0.506 e. The lowest BCUT2D eigenvalue weighted by atomic mass is 9.54. The molecular formula is C76H84N2O13. The molecule has 13 aliphatic rings. The average Bonchev–Trinajstić information content (AvgIpc) is 1.69. The van der Waals surface area contributed by atoms with Crippen LogP contribution in [0, 0.1) is 46.5 Å². The number of Topliss-reactive ketones (excluding diaryl/α,β-unsaturated/α-hetero) is 1. The van der Waals surface area contributed by atoms with E-state index in [9.17, 15) is 35.4 Å². The number of phenols is 1. The summed E-state index contributed by atoms with van der Waals surface area (Å²) in [5.74, 6) is 4.05. The number of ketones is 1. The van der Waals surface area contributed by atoms with Crippen LogP contribution in [-0.2, 0) is 51.9 Å². The number of aliphatic hydroxyl groups is 5. The number of carbonyl (C=O) groups is 2. The first-order chi connectivity index (χ1) is 44.2. The van der Waals surface area contributed by atoms with Crippen LogP contribution in [0.25, 0.3) is 33.3 Å². The van der Waals surface area contributed by atoms with Crippen molar-refractivity contribution < 1.29 is 63.9 Å². The molecular weight excluding hydrogens is 1150 g/mol. The first kappa shape index (κ1) is 57.4. The molecule has 0 radical (unpaired) electrons. The third-order valence-electron chi connectivity index (χ3n) is 26.3. The number of aromatic amines is 1. The van der Waals surface area contributed by atoms with Crippen molar-refractivity contribution in [3.05, 3.63) is 109 Å². The first-order valence-corrected chi connectivity index (χ1v) is 34.5. The molecule has 476 valence electrons. The molecule has 9 aliphatic carbocycles. The molecule has 15 heteroatoms. The fourth-order valence-electron chi connectivity index (χ4n) is 22.6. The molecule has 7 N–H and O–H groups in total. The Bertz CT molecular complexity index is 4100. The molecule has 1 amide bonds. The highest BCUT2D eigenvalue weighted by Gasteiger charge is 2.64. The van der Waals surface area contributed by atoms with Crippen molar-refractivity contribution in [3.8, 4) is 29.3 Å². The number of phenolic OH excluding ortho intramolecular Hbond substituents is 1. The highest BCUT2D eigenvalue weighted by molar-refractivity contribution is 6.17. The molecule has 5 heterocycles. The Hall–Kier alpha value is -6.22. The number of hydrogen-bond acceptors (Lipinski definition) is 13. The average molecular weight is 1230 g/mol. The maximum atomic E-state index is 15.7. The number of rotatable bonds is 6. The summed E-state index contributed by atoms with van der Waals surface area (Å²) in [4.78, 5) is 35.5. The minimum Gasteiger partial charge on any atom is -0.506 e. The van der Waals surface area contributed by atoms with Crippen molar-refractivity contribution in [2.75, 3.05) is 33.5 Å². The summed E-state index contributed by atoms with van der Waals surface area (Å²) in [6.07, 6.45) is 26.1. The molecule has 8 bridgehead atoms. The normalized spacial score (nSPS) is 37.1. The van der Waals surface area contributed by atoms with Gasteiger partial charge in [0.1, 0.15) is 41.7 Å². The van der Waals surface area contributed by atoms with Gasteiger partial charge in [0, 0.05) is 64.2 Å². The number of aliphatic hydroxyl groups excluding tert-OH is 3. The van der Waals surface area contributed by atoms with E-state index in [1.54, 1.807) is 24.1 Å². The lowest BCUT2D eigenvalue weighted by Crippen LogP contribution is -2.70. The summed E-state index contributed by atoms with van der Waals surface area (Å²) in [7, 11) is 1.63. The predicted octanol–water partition coefficient (Wildman–Crippen LogP) is 10.8. The molecule has 91 heavy (non-hydrogen) atoms. The first-order valence-electron chi connectivity index (χ1n) is 34.5. The Kier molecular flexibility index (Phi) is 13.0. The number of hydrogen-bond donors (Lipinski definition) is 7. The van der Waals surface area contributed by atoms with Crippen molar-refractivity contribution in [1.29, 1.82) is 0 Å². The lowest BCUT2D eigenvalue weighted by Gasteiger charge is -2.52. The van der Waals surface area contributed by atoms with E-state index in [0.717, 1.165) is 146 Å². The van der Waals surface area contributed by atoms with Gasteiger partial charge in [-0.1, -0.05) is 43.0 Å². The van der Waals surface area contributed by atoms with Gasteiger partial charge < -0.3 is 64.2 Å². The summed E-state index contributed by atoms with van der Waals surface area (Å²) in [5, 5.41) is 75.8. The number of carbonyl (C=O) groups excluding carboxylic acids is 2. The van der Waals surface area contributed by atoms with Crippen LogP contribution < -0.4 is 9.47 Å². The second-order valence-electron chi connectivity index (χ2n) is 30.9. The molecule has 15 unspecified atom stereocenters. The number of fused-ring (bicyclic) bond motifs is 10. The smallest absolute Gasteiger partial charge is 0.254 e. The number of H-pyrrole nitrogens is 1. The molecule has 3 spiro atoms. The Morgan fingerprint density at radius 3 is 2.64 bits per heavy atom. The number of allylic oxidation sites excluding steroid dienone is 2. The number of benzene rings is 4. The summed E-state index contributed by atoms with van der Waals surface area (Å²) in [6.45, 7) is -1.12. The SMILES string of the molecule is COc1c2c3c4c(O)c(c5c6c4c1CCC6=CC1CCCC51)C(=O)CN1Cc4c(cccc4C1=O)CC#COC1C(O)C(COC(c4c[nH]c5cc6c7c(c45)CC4(CCC5(CCC(CCCO)C5)C4)CC4CC5CCCC5(O)CC74CC6)C=C2)OC(O3)C1(O)CO. The van der Waals surface area contributed by atoms with E-state index in [1.807, 2.05) is 18.2 Å². The molecule has 4 aliphatic heterocycles. The second-order valence-corrected chi connectivity index (χ2v) is 30.9. The van der Waals surface area contributed by atoms with E-state index >= 15 is 4.79 Å². The van der Waals surface area contributed by atoms with Crippen LogP contribution in [0.1, 0.15) is 210 Å². The van der Waals surface area contributed by atoms with E-state index in [1.165, 1.54) is 48.8 Å². The fraction of sp³-hybridized carbons (Fsp3) is 0.579. The topological polar surface area (TPSA) is 221 Å². The van der Waals surface area contributed by atoms with Crippen molar-refractivity contribution >= 4 is 45.0 Å². The van der Waals surface area contributed by atoms with Gasteiger partial charge in [-0.05, 0) is 232 Å². The van der Waals surface area contributed by atoms with Crippen molar-refractivity contribution in [3.63, 3.8) is 0 Å². The number of nitrogens with one attached hydrogen (secondary N) is 1. The molecule has 15 nitrogen and oxygen atoms in total. The van der Waals surface area contributed by atoms with E-state index in [0.29, 0.717) is 52.9 Å². The van der Waals surface area contributed by atoms with E-state index in [4.69, 9.17) is 23.7 Å². The van der Waals surface area contributed by atoms with Gasteiger partial charge in [-0.3, -0.25) is 9.59 Å². The van der Waals surface area contributed by atoms with Gasteiger partial charge in [-0.15, -0.1) is 0 Å². The van der Waals surface area contributed by atoms with Crippen LogP contribution in [0.5, 0.6) is 17.2 Å². The summed E-state index contributed by atoms with van der Waals surface area (Å²) < 4.78 is 34.3. The van der Waals surface area contributed by atoms with Gasteiger partial charge >= 0.3 is 0 Å². The van der Waals surface area contributed by atoms with Crippen LogP contribution in [0.3, 0.4) is 0 Å². The summed E-state index contributed by atoms with van der Waals surface area (Å²) >= 11 is 0. The number of methoxy groups -OCH3 is 1. The van der Waals surface area contributed by atoms with Crippen molar-refractivity contribution in [2.45, 2.75) is 207 Å². The van der Waals surface area contributed by atoms with Gasteiger partial charge in [0.25, 0.3) is 5.91 Å². The molecule has 5 aromatic rings. The third-order valence-corrected chi connectivity index (χ3v) is 26.3. The molecule has 1 saturated heterocycles. The minimum atomic E-state index is -2.49. The van der Waals surface area contributed by atoms with Gasteiger partial charge in [0.2, 0.25) is 6.29 Å². The monoisotopic (exact) mass is 1230 g/mol. The number of aromatic nitrogens is 1. The molecule has 15 atom stereocenters. The van der Waals surface area contributed by atoms with E-state index in [2.05, 4.69) is 35.4 Å². The predicted molar refractivity (Wildman–Crippen MR) is 339 cm³/mol. The Morgan fingerprint density at radius 1 is 0.879 bits per heavy atom. The highest BCUT2D eigenvalue weighted by atomic mass is 16.7. The number of ether oxygens (including phenoxy) is 5. The van der Waals surface area contributed by atoms with Crippen LogP contribution in [-0.4, -0.2) is 121 Å². The number of nitrogens with zero attached hydrogens (tertiary/aromatic N) is 1. The lowest BCUT2D eigenvalue weighted by molar-refractivity contribution is -0.328. The quantitative estimate of drug-likeness (QED) is 0.0788. The third kappa shape index (κ3) is 8.24. The molecule has 1 aromatic heterocycles. The fourth-order valence-corrected chi connectivity index (χ4v) is 22.6. The zero-order valence-corrected chi connectivity index (χ0v) is 52.2. The maximum Gasteiger partial charge on any atom is 0.254 e. The summed E-state index contributed by atoms with van der Waals surface area (Å²) in [6, 6.07) is 7.82. The van der Waals surface area contributed by atoms with Gasteiger partial charge in [-0.25, -0.2) is 0 Å². The number of aromatic hydroxyl groups is 1. The van der Waals surface area contributed by atoms with Crippen LogP contribution >= 0.6 is 0 Å². The maximum absolute atomic E-state index is 15.7. The highest BCUT2D eigenvalue weighted by Crippen LogP contribution is 2.70. The standard InChI is InChI=1S/C76H84N2O13/c1-87-67-49-15-14-43-27-42-9-3-12-47(42)60-58(43)61(49)63-66(83)62(60)55(81)35-78-34-53-41(8-2-13-48(53)70(78)84)10-6-26-88-69-65(82)57-36-89-56(17-16-50(67)68(63)91-71(90-57)76(69,86)39-80)52-33-77-54-28-44-19-22-74-38-75(85)20-4-11-45(75)29-46(74)31-73(32-51(59(52)54)64(44)74)24-23-72(37-73)21-18-40(30-72)7-5-25-79/h2,8,13,16-17,27-28,33,40,42,45-47,56-57,65,69,71,77,79-80,82-83,85-86H,3-5,7,9-12,14-15,18-25,29-32,34-39H2,1H3. The second kappa shape index (κ2) is 20.6. The Labute approximate surface area is 530 Å². The summed E-state index contributed by atoms with van der Waals surface area (Å²) in [5.41, 5.74) is 9.13. The van der Waals surface area contributed by atoms with E-state index < -0.39 is 54.3 Å². The molecule has 5 saturated carbocycles.